The molecule has 0 spiro atoms. The van der Waals surface area contributed by atoms with E-state index in [4.69, 9.17) is 4.74 Å². The summed E-state index contributed by atoms with van der Waals surface area (Å²) in [6, 6.07) is 0. The molecule has 2 unspecified atom stereocenters. The van der Waals surface area contributed by atoms with Crippen molar-refractivity contribution in [2.24, 2.45) is 0 Å². The molecule has 0 bridgehead atoms. The first-order valence-electron chi connectivity index (χ1n) is 6.16. The number of amides is 1. The lowest BCUT2D eigenvalue weighted by atomic mass is 9.99. The summed E-state index contributed by atoms with van der Waals surface area (Å²) in [5.74, 6) is 0.234. The van der Waals surface area contributed by atoms with Gasteiger partial charge in [-0.1, -0.05) is 13.8 Å². The molecule has 1 fully saturated rings. The minimum absolute atomic E-state index is 0.189. The maximum atomic E-state index is 12.2. The standard InChI is InChI=1S/C12H24N2O2/c1-5-10-13-12(3,6-2)11(15)14(10)8-7-9-16-4/h10,13H,5-9H2,1-4H3. The van der Waals surface area contributed by atoms with E-state index >= 15 is 0 Å². The minimum Gasteiger partial charge on any atom is -0.385 e. The zero-order valence-corrected chi connectivity index (χ0v) is 10.9. The second kappa shape index (κ2) is 5.64. The molecule has 0 radical (unpaired) electrons. The Morgan fingerprint density at radius 1 is 1.50 bits per heavy atom. The SMILES string of the molecule is CCC1NC(C)(CC)C(=O)N1CCCOC. The summed E-state index contributed by atoms with van der Waals surface area (Å²) >= 11 is 0. The lowest BCUT2D eigenvalue weighted by Crippen LogP contribution is -2.43. The smallest absolute Gasteiger partial charge is 0.243 e. The maximum Gasteiger partial charge on any atom is 0.243 e. The van der Waals surface area contributed by atoms with Crippen molar-refractivity contribution in [2.75, 3.05) is 20.3 Å². The summed E-state index contributed by atoms with van der Waals surface area (Å²) in [7, 11) is 1.69. The molecule has 1 amide bonds. The molecule has 1 rings (SSSR count). The molecule has 1 N–H and O–H groups in total. The molecular weight excluding hydrogens is 204 g/mol. The number of hydrogen-bond donors (Lipinski definition) is 1. The van der Waals surface area contributed by atoms with Crippen LogP contribution in [-0.4, -0.2) is 42.8 Å². The molecule has 0 aromatic rings. The predicted molar refractivity (Wildman–Crippen MR) is 64.1 cm³/mol. The maximum absolute atomic E-state index is 12.2. The molecule has 2 atom stereocenters. The molecule has 1 aliphatic heterocycles. The van der Waals surface area contributed by atoms with Gasteiger partial charge in [0.2, 0.25) is 5.91 Å². The molecule has 0 aromatic heterocycles. The molecule has 94 valence electrons. The van der Waals surface area contributed by atoms with Gasteiger partial charge in [0.1, 0.15) is 0 Å². The summed E-state index contributed by atoms with van der Waals surface area (Å²) in [6.45, 7) is 7.65. The fourth-order valence-corrected chi connectivity index (χ4v) is 2.18. The molecule has 0 aliphatic carbocycles. The molecule has 4 nitrogen and oxygen atoms in total. The summed E-state index contributed by atoms with van der Waals surface area (Å²) in [4.78, 5) is 14.2. The summed E-state index contributed by atoms with van der Waals surface area (Å²) in [5, 5.41) is 3.43. The van der Waals surface area contributed by atoms with Gasteiger partial charge in [-0.25, -0.2) is 0 Å². The van der Waals surface area contributed by atoms with Gasteiger partial charge in [-0.15, -0.1) is 0 Å². The quantitative estimate of drug-likeness (QED) is 0.698. The van der Waals surface area contributed by atoms with Crippen LogP contribution in [0.3, 0.4) is 0 Å². The topological polar surface area (TPSA) is 41.6 Å². The van der Waals surface area contributed by atoms with Crippen molar-refractivity contribution in [2.45, 2.75) is 51.7 Å². The van der Waals surface area contributed by atoms with Gasteiger partial charge in [-0.3, -0.25) is 10.1 Å². The van der Waals surface area contributed by atoms with Crippen molar-refractivity contribution < 1.29 is 9.53 Å². The average molecular weight is 228 g/mol. The van der Waals surface area contributed by atoms with Gasteiger partial charge < -0.3 is 9.64 Å². The molecule has 4 heteroatoms. The van der Waals surface area contributed by atoms with E-state index in [1.54, 1.807) is 7.11 Å². The number of hydrogen-bond acceptors (Lipinski definition) is 3. The predicted octanol–water partition coefficient (Wildman–Crippen LogP) is 1.36. The van der Waals surface area contributed by atoms with Crippen molar-refractivity contribution in [1.82, 2.24) is 10.2 Å². The Balaban J connectivity index is 2.63. The van der Waals surface area contributed by atoms with Gasteiger partial charge in [0, 0.05) is 20.3 Å². The number of nitrogens with zero attached hydrogens (tertiary/aromatic N) is 1. The number of methoxy groups -OCH3 is 1. The van der Waals surface area contributed by atoms with E-state index in [2.05, 4.69) is 19.2 Å². The van der Waals surface area contributed by atoms with Gasteiger partial charge in [-0.05, 0) is 26.2 Å². The zero-order valence-electron chi connectivity index (χ0n) is 10.9. The van der Waals surface area contributed by atoms with E-state index in [-0.39, 0.29) is 17.6 Å². The van der Waals surface area contributed by atoms with Gasteiger partial charge >= 0.3 is 0 Å². The Kier molecular flexibility index (Phi) is 4.74. The number of carbonyl (C=O) groups is 1. The monoisotopic (exact) mass is 228 g/mol. The first kappa shape index (κ1) is 13.5. The van der Waals surface area contributed by atoms with Crippen LogP contribution in [0.5, 0.6) is 0 Å². The third-order valence-corrected chi connectivity index (χ3v) is 3.44. The summed E-state index contributed by atoms with van der Waals surface area (Å²) in [5.41, 5.74) is -0.367. The number of nitrogens with one attached hydrogen (secondary N) is 1. The number of rotatable bonds is 6. The van der Waals surface area contributed by atoms with Crippen molar-refractivity contribution in [1.29, 1.82) is 0 Å². The van der Waals surface area contributed by atoms with E-state index < -0.39 is 0 Å². The third-order valence-electron chi connectivity index (χ3n) is 3.44. The highest BCUT2D eigenvalue weighted by Gasteiger charge is 2.45. The van der Waals surface area contributed by atoms with Crippen LogP contribution in [-0.2, 0) is 9.53 Å². The second-order valence-electron chi connectivity index (χ2n) is 4.60. The van der Waals surface area contributed by atoms with Gasteiger partial charge in [-0.2, -0.15) is 0 Å². The number of ether oxygens (including phenoxy) is 1. The Bertz CT molecular complexity index is 245. The van der Waals surface area contributed by atoms with E-state index in [1.807, 2.05) is 11.8 Å². The van der Waals surface area contributed by atoms with Crippen molar-refractivity contribution in [3.63, 3.8) is 0 Å². The van der Waals surface area contributed by atoms with Gasteiger partial charge in [0.25, 0.3) is 0 Å². The van der Waals surface area contributed by atoms with Crippen LogP contribution in [0.4, 0.5) is 0 Å². The first-order chi connectivity index (χ1) is 7.59. The van der Waals surface area contributed by atoms with Crippen LogP contribution in [0.15, 0.2) is 0 Å². The molecule has 1 heterocycles. The highest BCUT2D eigenvalue weighted by Crippen LogP contribution is 2.24. The van der Waals surface area contributed by atoms with Crippen molar-refractivity contribution in [3.8, 4) is 0 Å². The zero-order chi connectivity index (χ0) is 12.2. The van der Waals surface area contributed by atoms with Crippen LogP contribution < -0.4 is 5.32 Å². The fraction of sp³-hybridized carbons (Fsp3) is 0.917. The highest BCUT2D eigenvalue weighted by atomic mass is 16.5. The molecule has 16 heavy (non-hydrogen) atoms. The Hall–Kier alpha value is -0.610. The van der Waals surface area contributed by atoms with Crippen molar-refractivity contribution in [3.05, 3.63) is 0 Å². The van der Waals surface area contributed by atoms with E-state index in [0.717, 1.165) is 25.8 Å². The molecular formula is C12H24N2O2. The first-order valence-corrected chi connectivity index (χ1v) is 6.16. The average Bonchev–Trinajstić information content (AvgIpc) is 2.54. The highest BCUT2D eigenvalue weighted by molar-refractivity contribution is 5.88. The lowest BCUT2D eigenvalue weighted by molar-refractivity contribution is -0.133. The van der Waals surface area contributed by atoms with E-state index in [9.17, 15) is 4.79 Å². The Morgan fingerprint density at radius 3 is 2.69 bits per heavy atom. The molecule has 0 saturated carbocycles. The fourth-order valence-electron chi connectivity index (χ4n) is 2.18. The van der Waals surface area contributed by atoms with E-state index in [1.165, 1.54) is 0 Å². The Morgan fingerprint density at radius 2 is 2.19 bits per heavy atom. The minimum atomic E-state index is -0.367. The summed E-state index contributed by atoms with van der Waals surface area (Å²) in [6.07, 6.45) is 2.88. The normalized spacial score (nSPS) is 30.1. The van der Waals surface area contributed by atoms with Crippen LogP contribution in [0, 0.1) is 0 Å². The Labute approximate surface area is 98.3 Å². The molecule has 1 aliphatic rings. The molecule has 0 aromatic carbocycles. The largest absolute Gasteiger partial charge is 0.385 e. The van der Waals surface area contributed by atoms with Gasteiger partial charge in [0.05, 0.1) is 11.7 Å². The van der Waals surface area contributed by atoms with E-state index in [0.29, 0.717) is 6.61 Å². The van der Waals surface area contributed by atoms with Crippen LogP contribution in [0.2, 0.25) is 0 Å². The van der Waals surface area contributed by atoms with Crippen molar-refractivity contribution >= 4 is 5.91 Å². The molecule has 1 saturated heterocycles. The second-order valence-corrected chi connectivity index (χ2v) is 4.60. The van der Waals surface area contributed by atoms with Gasteiger partial charge in [0.15, 0.2) is 0 Å². The lowest BCUT2D eigenvalue weighted by Gasteiger charge is -2.22. The van der Waals surface area contributed by atoms with Crippen LogP contribution in [0.1, 0.15) is 40.0 Å². The number of carbonyl (C=O) groups excluding carboxylic acids is 1. The van der Waals surface area contributed by atoms with Crippen LogP contribution >= 0.6 is 0 Å². The summed E-state index contributed by atoms with van der Waals surface area (Å²) < 4.78 is 5.03. The third kappa shape index (κ3) is 2.55. The van der Waals surface area contributed by atoms with Crippen LogP contribution in [0.25, 0.3) is 0 Å².